The summed E-state index contributed by atoms with van der Waals surface area (Å²) in [4.78, 5) is 14.4. The molecule has 1 spiro atoms. The van der Waals surface area contributed by atoms with Gasteiger partial charge in [0, 0.05) is 43.3 Å². The highest BCUT2D eigenvalue weighted by Crippen LogP contribution is 2.39. The Balaban J connectivity index is 1.61. The lowest BCUT2D eigenvalue weighted by atomic mass is 9.97. The van der Waals surface area contributed by atoms with Crippen molar-refractivity contribution in [2.24, 2.45) is 0 Å². The Labute approximate surface area is 142 Å². The highest BCUT2D eigenvalue weighted by molar-refractivity contribution is 8.00. The summed E-state index contributed by atoms with van der Waals surface area (Å²) < 4.78 is 10.8. The lowest BCUT2D eigenvalue weighted by Gasteiger charge is -2.44. The molecule has 0 saturated carbocycles. The number of hydrogen-bond donors (Lipinski definition) is 0. The second kappa shape index (κ2) is 7.69. The quantitative estimate of drug-likeness (QED) is 0.791. The summed E-state index contributed by atoms with van der Waals surface area (Å²) in [7, 11) is 1.44. The number of thioether (sulfide) groups is 1. The number of esters is 1. The van der Waals surface area contributed by atoms with E-state index in [1.165, 1.54) is 12.9 Å². The Hall–Kier alpha value is -1.04. The fourth-order valence-electron chi connectivity index (χ4n) is 3.49. The predicted octanol–water partition coefficient (Wildman–Crippen LogP) is 2.61. The van der Waals surface area contributed by atoms with Gasteiger partial charge < -0.3 is 14.4 Å². The zero-order valence-electron chi connectivity index (χ0n) is 13.8. The molecule has 1 aromatic carbocycles. The maximum atomic E-state index is 11.9. The fourth-order valence-corrected chi connectivity index (χ4v) is 5.00. The Bertz CT molecular complexity index is 537. The van der Waals surface area contributed by atoms with Crippen LogP contribution in [-0.4, -0.2) is 61.3 Å². The van der Waals surface area contributed by atoms with Gasteiger partial charge in [0.2, 0.25) is 0 Å². The summed E-state index contributed by atoms with van der Waals surface area (Å²) in [6.07, 6.45) is 3.21. The minimum absolute atomic E-state index is 0.240. The molecule has 0 atom stereocenters. The van der Waals surface area contributed by atoms with Gasteiger partial charge in [0.15, 0.2) is 0 Å². The van der Waals surface area contributed by atoms with Gasteiger partial charge in [-0.15, -0.1) is 0 Å². The first kappa shape index (κ1) is 16.8. The highest BCUT2D eigenvalue weighted by Gasteiger charge is 2.37. The van der Waals surface area contributed by atoms with Gasteiger partial charge in [-0.3, -0.25) is 0 Å². The number of nitrogens with zero attached hydrogens (tertiary/aromatic N) is 1. The first-order valence-electron chi connectivity index (χ1n) is 8.33. The van der Waals surface area contributed by atoms with Crippen molar-refractivity contribution in [2.75, 3.05) is 45.7 Å². The molecule has 5 heteroatoms. The van der Waals surface area contributed by atoms with Crippen LogP contribution in [0.4, 0.5) is 0 Å². The summed E-state index contributed by atoms with van der Waals surface area (Å²) in [6, 6.07) is 7.78. The third-order valence-corrected chi connectivity index (χ3v) is 6.39. The van der Waals surface area contributed by atoms with Crippen molar-refractivity contribution in [3.05, 3.63) is 35.4 Å². The Morgan fingerprint density at radius 1 is 1.35 bits per heavy atom. The van der Waals surface area contributed by atoms with E-state index in [4.69, 9.17) is 9.47 Å². The van der Waals surface area contributed by atoms with E-state index in [1.807, 2.05) is 24.3 Å². The normalized spacial score (nSPS) is 21.3. The van der Waals surface area contributed by atoms with E-state index >= 15 is 0 Å². The molecule has 126 valence electrons. The average molecular weight is 335 g/mol. The molecule has 4 nitrogen and oxygen atoms in total. The number of carbonyl (C=O) groups excluding carboxylic acids is 1. The Kier molecular flexibility index (Phi) is 5.62. The zero-order valence-corrected chi connectivity index (χ0v) is 14.6. The van der Waals surface area contributed by atoms with Crippen LogP contribution in [0.3, 0.4) is 0 Å². The summed E-state index contributed by atoms with van der Waals surface area (Å²) >= 11 is 2.13. The predicted molar refractivity (Wildman–Crippen MR) is 93.2 cm³/mol. The van der Waals surface area contributed by atoms with Crippen LogP contribution in [0.2, 0.25) is 0 Å². The Morgan fingerprint density at radius 2 is 2.13 bits per heavy atom. The van der Waals surface area contributed by atoms with Gasteiger partial charge in [0.1, 0.15) is 0 Å². The van der Waals surface area contributed by atoms with Crippen LogP contribution in [0, 0.1) is 0 Å². The van der Waals surface area contributed by atoms with Crippen LogP contribution in [-0.2, 0) is 15.9 Å². The first-order valence-corrected chi connectivity index (χ1v) is 9.31. The molecule has 2 heterocycles. The average Bonchev–Trinajstić information content (AvgIpc) is 2.60. The molecule has 0 aromatic heterocycles. The minimum atomic E-state index is -0.240. The van der Waals surface area contributed by atoms with Crippen molar-refractivity contribution in [2.45, 2.75) is 24.0 Å². The molecule has 0 unspecified atom stereocenters. The number of carbonyl (C=O) groups is 1. The monoisotopic (exact) mass is 335 g/mol. The Morgan fingerprint density at radius 3 is 2.91 bits per heavy atom. The largest absolute Gasteiger partial charge is 0.465 e. The number of hydrogen-bond acceptors (Lipinski definition) is 5. The topological polar surface area (TPSA) is 38.8 Å². The van der Waals surface area contributed by atoms with Gasteiger partial charge in [-0.25, -0.2) is 4.79 Å². The minimum Gasteiger partial charge on any atom is -0.465 e. The lowest BCUT2D eigenvalue weighted by molar-refractivity contribution is 0.0596. The van der Waals surface area contributed by atoms with Gasteiger partial charge in [0.05, 0.1) is 12.7 Å². The third kappa shape index (κ3) is 4.08. The smallest absolute Gasteiger partial charge is 0.338 e. The van der Waals surface area contributed by atoms with E-state index in [2.05, 4.69) is 16.7 Å². The number of benzene rings is 1. The van der Waals surface area contributed by atoms with E-state index in [1.54, 1.807) is 0 Å². The first-order chi connectivity index (χ1) is 11.2. The fraction of sp³-hybridized carbons (Fsp3) is 0.611. The van der Waals surface area contributed by atoms with Gasteiger partial charge in [0.25, 0.3) is 0 Å². The molecular weight excluding hydrogens is 310 g/mol. The molecule has 1 aromatic rings. The second-order valence-corrected chi connectivity index (χ2v) is 7.88. The van der Waals surface area contributed by atoms with Crippen molar-refractivity contribution in [1.82, 2.24) is 4.90 Å². The van der Waals surface area contributed by atoms with Gasteiger partial charge in [-0.2, -0.15) is 11.8 Å². The van der Waals surface area contributed by atoms with Crippen molar-refractivity contribution in [3.8, 4) is 0 Å². The summed E-state index contributed by atoms with van der Waals surface area (Å²) in [5.74, 6) is 0.953. The van der Waals surface area contributed by atoms with Crippen molar-refractivity contribution < 1.29 is 14.3 Å². The van der Waals surface area contributed by atoms with Crippen molar-refractivity contribution in [3.63, 3.8) is 0 Å². The molecule has 0 aliphatic carbocycles. The maximum absolute atomic E-state index is 11.9. The molecule has 2 aliphatic heterocycles. The van der Waals surface area contributed by atoms with Crippen molar-refractivity contribution in [1.29, 1.82) is 0 Å². The third-order valence-electron chi connectivity index (χ3n) is 4.85. The number of methoxy groups -OCH3 is 1. The zero-order chi connectivity index (χ0) is 16.1. The molecule has 2 aliphatic rings. The van der Waals surface area contributed by atoms with Crippen molar-refractivity contribution >= 4 is 17.7 Å². The SMILES string of the molecule is COC(=O)c1ccccc1CCN1CCSC2(CCOCC2)C1. The summed E-state index contributed by atoms with van der Waals surface area (Å²) in [5.41, 5.74) is 1.78. The lowest BCUT2D eigenvalue weighted by Crippen LogP contribution is -2.49. The summed E-state index contributed by atoms with van der Waals surface area (Å²) in [6.45, 7) is 5.06. The highest BCUT2D eigenvalue weighted by atomic mass is 32.2. The standard InChI is InChI=1S/C18H25NO3S/c1-21-17(20)16-5-3-2-4-15(16)6-9-19-10-13-23-18(14-19)7-11-22-12-8-18/h2-5H,6-14H2,1H3. The molecule has 2 saturated heterocycles. The van der Waals surface area contributed by atoms with Gasteiger partial charge >= 0.3 is 5.97 Å². The molecule has 2 fully saturated rings. The van der Waals surface area contributed by atoms with E-state index in [0.29, 0.717) is 10.3 Å². The number of rotatable bonds is 4. The van der Waals surface area contributed by atoms with Gasteiger partial charge in [-0.05, 0) is 30.9 Å². The van der Waals surface area contributed by atoms with Crippen LogP contribution < -0.4 is 0 Å². The van der Waals surface area contributed by atoms with E-state index in [-0.39, 0.29) is 5.97 Å². The van der Waals surface area contributed by atoms with Crippen LogP contribution >= 0.6 is 11.8 Å². The van der Waals surface area contributed by atoms with Crippen LogP contribution in [0.25, 0.3) is 0 Å². The van der Waals surface area contributed by atoms with Crippen LogP contribution in [0.5, 0.6) is 0 Å². The van der Waals surface area contributed by atoms with E-state index in [9.17, 15) is 4.79 Å². The van der Waals surface area contributed by atoms with Crippen LogP contribution in [0.1, 0.15) is 28.8 Å². The molecule has 0 amide bonds. The van der Waals surface area contributed by atoms with E-state index in [0.717, 1.165) is 57.7 Å². The maximum Gasteiger partial charge on any atom is 0.338 e. The molecule has 0 radical (unpaired) electrons. The molecule has 23 heavy (non-hydrogen) atoms. The van der Waals surface area contributed by atoms with Crippen LogP contribution in [0.15, 0.2) is 24.3 Å². The second-order valence-electron chi connectivity index (χ2n) is 6.32. The number of ether oxygens (including phenoxy) is 2. The molecule has 0 bridgehead atoms. The molecule has 3 rings (SSSR count). The summed E-state index contributed by atoms with van der Waals surface area (Å²) in [5, 5.41) is 0. The molecule has 0 N–H and O–H groups in total. The van der Waals surface area contributed by atoms with Gasteiger partial charge in [-0.1, -0.05) is 18.2 Å². The van der Waals surface area contributed by atoms with E-state index < -0.39 is 0 Å². The molecular formula is C18H25NO3S.